The van der Waals surface area contributed by atoms with Crippen molar-refractivity contribution >= 4 is 46.6 Å². The van der Waals surface area contributed by atoms with E-state index >= 15 is 0 Å². The highest BCUT2D eigenvalue weighted by molar-refractivity contribution is 14.1. The standard InChI is InChI=1S/C12H15IN2O.ClH/c1-12(5-6-14-8-12)11(16)15-10-4-2-3-9(13)7-10;/h2-4,7,14H,5-6,8H2,1H3,(H,15,16);1H. The Morgan fingerprint density at radius 1 is 1.53 bits per heavy atom. The summed E-state index contributed by atoms with van der Waals surface area (Å²) >= 11 is 2.24. The second-order valence-corrected chi connectivity index (χ2v) is 5.70. The van der Waals surface area contributed by atoms with Crippen LogP contribution in [0.25, 0.3) is 0 Å². The minimum Gasteiger partial charge on any atom is -0.326 e. The van der Waals surface area contributed by atoms with Gasteiger partial charge in [0, 0.05) is 15.8 Å². The SMILES string of the molecule is CC1(C(=O)Nc2cccc(I)c2)CCNC1.Cl. The number of hydrogen-bond donors (Lipinski definition) is 2. The molecular formula is C12H16ClIN2O. The molecule has 1 amide bonds. The molecule has 1 aliphatic rings. The van der Waals surface area contributed by atoms with Crippen molar-refractivity contribution in [2.24, 2.45) is 5.41 Å². The van der Waals surface area contributed by atoms with Crippen molar-refractivity contribution in [1.29, 1.82) is 0 Å². The fourth-order valence-electron chi connectivity index (χ4n) is 1.86. The lowest BCUT2D eigenvalue weighted by Crippen LogP contribution is -2.35. The zero-order valence-corrected chi connectivity index (χ0v) is 12.6. The monoisotopic (exact) mass is 366 g/mol. The Balaban J connectivity index is 0.00000144. The molecule has 1 unspecified atom stereocenters. The van der Waals surface area contributed by atoms with Crippen LogP contribution in [0.1, 0.15) is 13.3 Å². The molecule has 1 saturated heterocycles. The van der Waals surface area contributed by atoms with Gasteiger partial charge < -0.3 is 10.6 Å². The highest BCUT2D eigenvalue weighted by Crippen LogP contribution is 2.26. The maximum Gasteiger partial charge on any atom is 0.231 e. The summed E-state index contributed by atoms with van der Waals surface area (Å²) in [6.45, 7) is 3.70. The second-order valence-electron chi connectivity index (χ2n) is 4.45. The summed E-state index contributed by atoms with van der Waals surface area (Å²) in [6.07, 6.45) is 0.906. The van der Waals surface area contributed by atoms with E-state index in [1.807, 2.05) is 31.2 Å². The van der Waals surface area contributed by atoms with Crippen molar-refractivity contribution in [2.75, 3.05) is 18.4 Å². The molecule has 94 valence electrons. The Morgan fingerprint density at radius 2 is 2.29 bits per heavy atom. The zero-order valence-electron chi connectivity index (χ0n) is 9.63. The van der Waals surface area contributed by atoms with Gasteiger partial charge in [-0.2, -0.15) is 0 Å². The molecule has 1 heterocycles. The Kier molecular flexibility index (Phi) is 5.22. The first kappa shape index (κ1) is 14.7. The average Bonchev–Trinajstić information content (AvgIpc) is 2.66. The number of benzene rings is 1. The molecule has 1 fully saturated rings. The Labute approximate surface area is 121 Å². The van der Waals surface area contributed by atoms with Crippen molar-refractivity contribution in [3.05, 3.63) is 27.8 Å². The fraction of sp³-hybridized carbons (Fsp3) is 0.417. The van der Waals surface area contributed by atoms with Crippen LogP contribution in [0.3, 0.4) is 0 Å². The normalized spacial score (nSPS) is 22.9. The zero-order chi connectivity index (χ0) is 11.6. The van der Waals surface area contributed by atoms with Gasteiger partial charge in [-0.3, -0.25) is 4.79 Å². The van der Waals surface area contributed by atoms with Gasteiger partial charge in [-0.05, 0) is 60.7 Å². The first-order valence-electron chi connectivity index (χ1n) is 5.38. The first-order chi connectivity index (χ1) is 7.60. The molecule has 0 aliphatic carbocycles. The van der Waals surface area contributed by atoms with Crippen molar-refractivity contribution in [2.45, 2.75) is 13.3 Å². The third-order valence-electron chi connectivity index (χ3n) is 3.00. The van der Waals surface area contributed by atoms with Crippen LogP contribution >= 0.6 is 35.0 Å². The van der Waals surface area contributed by atoms with Crippen LogP contribution in [0, 0.1) is 8.99 Å². The number of anilines is 1. The van der Waals surface area contributed by atoms with E-state index in [9.17, 15) is 4.79 Å². The fourth-order valence-corrected chi connectivity index (χ4v) is 2.40. The minimum absolute atomic E-state index is 0. The molecule has 3 nitrogen and oxygen atoms in total. The maximum absolute atomic E-state index is 12.1. The average molecular weight is 367 g/mol. The van der Waals surface area contributed by atoms with Crippen molar-refractivity contribution in [3.8, 4) is 0 Å². The predicted molar refractivity (Wildman–Crippen MR) is 80.6 cm³/mol. The van der Waals surface area contributed by atoms with Gasteiger partial charge >= 0.3 is 0 Å². The lowest BCUT2D eigenvalue weighted by molar-refractivity contribution is -0.123. The Bertz CT molecular complexity index is 405. The molecule has 2 rings (SSSR count). The van der Waals surface area contributed by atoms with E-state index in [0.29, 0.717) is 0 Å². The van der Waals surface area contributed by atoms with Crippen LogP contribution < -0.4 is 10.6 Å². The van der Waals surface area contributed by atoms with E-state index < -0.39 is 0 Å². The smallest absolute Gasteiger partial charge is 0.231 e. The molecule has 2 N–H and O–H groups in total. The molecule has 1 aromatic carbocycles. The molecule has 0 radical (unpaired) electrons. The topological polar surface area (TPSA) is 41.1 Å². The van der Waals surface area contributed by atoms with E-state index in [0.717, 1.165) is 28.8 Å². The van der Waals surface area contributed by atoms with Crippen LogP contribution in [0.4, 0.5) is 5.69 Å². The van der Waals surface area contributed by atoms with E-state index in [1.165, 1.54) is 0 Å². The number of halogens is 2. The maximum atomic E-state index is 12.1. The lowest BCUT2D eigenvalue weighted by atomic mass is 9.89. The van der Waals surface area contributed by atoms with Gasteiger partial charge in [0.15, 0.2) is 0 Å². The predicted octanol–water partition coefficient (Wildman–Crippen LogP) is 2.65. The summed E-state index contributed by atoms with van der Waals surface area (Å²) in [7, 11) is 0. The van der Waals surface area contributed by atoms with Gasteiger partial charge in [0.25, 0.3) is 0 Å². The summed E-state index contributed by atoms with van der Waals surface area (Å²) in [5.74, 6) is 0.111. The largest absolute Gasteiger partial charge is 0.326 e. The minimum atomic E-state index is -0.263. The highest BCUT2D eigenvalue weighted by atomic mass is 127. The molecule has 1 aliphatic heterocycles. The second kappa shape index (κ2) is 6.02. The van der Waals surface area contributed by atoms with E-state index in [-0.39, 0.29) is 23.7 Å². The molecule has 0 spiro atoms. The van der Waals surface area contributed by atoms with Gasteiger partial charge in [-0.15, -0.1) is 12.4 Å². The summed E-state index contributed by atoms with van der Waals surface area (Å²) in [5, 5.41) is 6.21. The molecule has 0 saturated carbocycles. The van der Waals surface area contributed by atoms with Crippen LogP contribution in [0.5, 0.6) is 0 Å². The molecule has 1 atom stereocenters. The number of rotatable bonds is 2. The third kappa shape index (κ3) is 3.56. The Hall–Kier alpha value is -0.330. The summed E-state index contributed by atoms with van der Waals surface area (Å²) < 4.78 is 1.13. The lowest BCUT2D eigenvalue weighted by Gasteiger charge is -2.21. The highest BCUT2D eigenvalue weighted by Gasteiger charge is 2.36. The van der Waals surface area contributed by atoms with E-state index in [2.05, 4.69) is 33.2 Å². The van der Waals surface area contributed by atoms with Crippen LogP contribution in [0.15, 0.2) is 24.3 Å². The van der Waals surface area contributed by atoms with Crippen LogP contribution in [0.2, 0.25) is 0 Å². The van der Waals surface area contributed by atoms with Gasteiger partial charge in [0.2, 0.25) is 5.91 Å². The summed E-state index contributed by atoms with van der Waals surface area (Å²) in [5.41, 5.74) is 0.617. The number of amides is 1. The molecule has 5 heteroatoms. The van der Waals surface area contributed by atoms with Crippen molar-refractivity contribution < 1.29 is 4.79 Å². The molecule has 0 bridgehead atoms. The van der Waals surface area contributed by atoms with Crippen LogP contribution in [-0.4, -0.2) is 19.0 Å². The number of carbonyl (C=O) groups excluding carboxylic acids is 1. The quantitative estimate of drug-likeness (QED) is 0.790. The third-order valence-corrected chi connectivity index (χ3v) is 3.67. The van der Waals surface area contributed by atoms with Crippen LogP contribution in [-0.2, 0) is 4.79 Å². The first-order valence-corrected chi connectivity index (χ1v) is 6.46. The van der Waals surface area contributed by atoms with E-state index in [1.54, 1.807) is 0 Å². The van der Waals surface area contributed by atoms with Crippen molar-refractivity contribution in [3.63, 3.8) is 0 Å². The van der Waals surface area contributed by atoms with E-state index in [4.69, 9.17) is 0 Å². The molecule has 0 aromatic heterocycles. The molecule has 1 aromatic rings. The Morgan fingerprint density at radius 3 is 2.88 bits per heavy atom. The summed E-state index contributed by atoms with van der Waals surface area (Å²) in [4.78, 5) is 12.1. The number of hydrogen-bond acceptors (Lipinski definition) is 2. The molecular weight excluding hydrogens is 351 g/mol. The van der Waals surface area contributed by atoms with Gasteiger partial charge in [-0.1, -0.05) is 6.07 Å². The van der Waals surface area contributed by atoms with Gasteiger partial charge in [-0.25, -0.2) is 0 Å². The van der Waals surface area contributed by atoms with Crippen molar-refractivity contribution in [1.82, 2.24) is 5.32 Å². The number of nitrogens with one attached hydrogen (secondary N) is 2. The van der Waals surface area contributed by atoms with Gasteiger partial charge in [0.1, 0.15) is 0 Å². The molecule has 17 heavy (non-hydrogen) atoms. The summed E-state index contributed by atoms with van der Waals surface area (Å²) in [6, 6.07) is 7.86. The van der Waals surface area contributed by atoms with Gasteiger partial charge in [0.05, 0.1) is 5.41 Å². The number of carbonyl (C=O) groups is 1.